The molecule has 0 aromatic heterocycles. The van der Waals surface area contributed by atoms with E-state index in [-0.39, 0.29) is 22.5 Å². The molecule has 0 unspecified atom stereocenters. The molecule has 1 amide bonds. The van der Waals surface area contributed by atoms with Crippen LogP contribution < -0.4 is 11.1 Å². The monoisotopic (exact) mass is 402 g/mol. The molecule has 0 aliphatic rings. The van der Waals surface area contributed by atoms with Gasteiger partial charge in [-0.15, -0.1) is 0 Å². The number of amides is 1. The van der Waals surface area contributed by atoms with Crippen molar-refractivity contribution in [1.82, 2.24) is 0 Å². The fourth-order valence-corrected chi connectivity index (χ4v) is 2.20. The van der Waals surface area contributed by atoms with Crippen molar-refractivity contribution in [2.75, 3.05) is 5.32 Å². The van der Waals surface area contributed by atoms with Gasteiger partial charge in [-0.3, -0.25) is 9.59 Å². The Bertz CT molecular complexity index is 735. The molecule has 3 N–H and O–H groups in total. The van der Waals surface area contributed by atoms with Crippen molar-refractivity contribution >= 4 is 46.2 Å². The fourth-order valence-electron chi connectivity index (χ4n) is 1.74. The Labute approximate surface area is 132 Å². The van der Waals surface area contributed by atoms with Crippen LogP contribution in [0, 0.1) is 15.2 Å². The van der Waals surface area contributed by atoms with Crippen molar-refractivity contribution in [1.29, 1.82) is 0 Å². The van der Waals surface area contributed by atoms with E-state index in [1.54, 1.807) is 6.07 Å². The Hall–Kier alpha value is -2.03. The van der Waals surface area contributed by atoms with E-state index in [2.05, 4.69) is 5.32 Å². The minimum absolute atomic E-state index is 0.00401. The van der Waals surface area contributed by atoms with Gasteiger partial charge in [0, 0.05) is 9.13 Å². The molecule has 2 aromatic carbocycles. The van der Waals surface area contributed by atoms with Crippen molar-refractivity contribution in [2.24, 2.45) is 5.73 Å². The summed E-state index contributed by atoms with van der Waals surface area (Å²) in [5.41, 5.74) is 4.63. The van der Waals surface area contributed by atoms with E-state index < -0.39 is 17.5 Å². The van der Waals surface area contributed by atoms with E-state index in [0.717, 1.165) is 12.1 Å². The number of carbonyl (C=O) groups is 2. The van der Waals surface area contributed by atoms with Gasteiger partial charge in [0.1, 0.15) is 17.9 Å². The summed E-state index contributed by atoms with van der Waals surface area (Å²) in [5.74, 6) is -2.39. The lowest BCUT2D eigenvalue weighted by molar-refractivity contribution is 0.100. The Balaban J connectivity index is 2.52. The maximum absolute atomic E-state index is 14.0. The second-order valence-electron chi connectivity index (χ2n) is 4.16. The molecule has 0 heterocycles. The number of rotatable bonds is 4. The van der Waals surface area contributed by atoms with Gasteiger partial charge in [-0.1, -0.05) is 0 Å². The van der Waals surface area contributed by atoms with Gasteiger partial charge in [0.15, 0.2) is 0 Å². The van der Waals surface area contributed by atoms with E-state index in [0.29, 0.717) is 9.86 Å². The van der Waals surface area contributed by atoms with Gasteiger partial charge in [0.25, 0.3) is 5.91 Å². The van der Waals surface area contributed by atoms with Crippen molar-refractivity contribution in [3.05, 3.63) is 56.7 Å². The largest absolute Gasteiger partial charge is 0.366 e. The minimum atomic E-state index is -0.925. The number of halogens is 3. The number of carbonyl (C=O) groups excluding carboxylic acids is 2. The summed E-state index contributed by atoms with van der Waals surface area (Å²) in [6, 6.07) is 6.37. The average Bonchev–Trinajstić information content (AvgIpc) is 2.42. The van der Waals surface area contributed by atoms with Gasteiger partial charge in [-0.2, -0.15) is 0 Å². The van der Waals surface area contributed by atoms with Crippen LogP contribution in [0.5, 0.6) is 0 Å². The number of hydrogen-bond donors (Lipinski definition) is 2. The highest BCUT2D eigenvalue weighted by molar-refractivity contribution is 14.1. The third kappa shape index (κ3) is 3.35. The lowest BCUT2D eigenvalue weighted by Gasteiger charge is -2.13. The van der Waals surface area contributed by atoms with E-state index in [1.165, 1.54) is 12.1 Å². The molecule has 0 aliphatic carbocycles. The average molecular weight is 402 g/mol. The Morgan fingerprint density at radius 1 is 1.19 bits per heavy atom. The van der Waals surface area contributed by atoms with E-state index in [4.69, 9.17) is 5.73 Å². The van der Waals surface area contributed by atoms with Crippen LogP contribution in [0.25, 0.3) is 0 Å². The maximum atomic E-state index is 14.0. The predicted molar refractivity (Wildman–Crippen MR) is 82.7 cm³/mol. The first-order valence-electron chi connectivity index (χ1n) is 5.73. The van der Waals surface area contributed by atoms with Crippen LogP contribution in [0.1, 0.15) is 20.7 Å². The Kier molecular flexibility index (Phi) is 4.51. The number of nitrogens with two attached hydrogens (primary N) is 1. The number of anilines is 2. The highest BCUT2D eigenvalue weighted by Crippen LogP contribution is 2.27. The van der Waals surface area contributed by atoms with E-state index >= 15 is 0 Å². The summed E-state index contributed by atoms with van der Waals surface area (Å²) >= 11 is 1.93. The third-order valence-corrected chi connectivity index (χ3v) is 3.38. The second kappa shape index (κ2) is 6.17. The highest BCUT2D eigenvalue weighted by atomic mass is 127. The quantitative estimate of drug-likeness (QED) is 0.610. The zero-order valence-corrected chi connectivity index (χ0v) is 12.6. The van der Waals surface area contributed by atoms with Gasteiger partial charge in [-0.25, -0.2) is 8.78 Å². The van der Waals surface area contributed by atoms with Crippen molar-refractivity contribution < 1.29 is 18.4 Å². The molecular formula is C14H9F2IN2O2. The number of aldehydes is 1. The first-order valence-corrected chi connectivity index (χ1v) is 6.81. The molecule has 0 atom stereocenters. The molecule has 7 heteroatoms. The molecule has 0 aliphatic heterocycles. The SMILES string of the molecule is NC(=O)c1cc(C=O)cc(F)c1Nc1ccc(I)cc1F. The molecule has 0 saturated heterocycles. The van der Waals surface area contributed by atoms with Crippen LogP contribution in [0.4, 0.5) is 20.2 Å². The van der Waals surface area contributed by atoms with Gasteiger partial charge in [0.2, 0.25) is 0 Å². The summed E-state index contributed by atoms with van der Waals surface area (Å²) in [6.45, 7) is 0. The second-order valence-corrected chi connectivity index (χ2v) is 5.40. The van der Waals surface area contributed by atoms with Crippen LogP contribution in [0.2, 0.25) is 0 Å². The topological polar surface area (TPSA) is 72.2 Å². The zero-order valence-electron chi connectivity index (χ0n) is 10.5. The van der Waals surface area contributed by atoms with Gasteiger partial charge >= 0.3 is 0 Å². The fraction of sp³-hybridized carbons (Fsp3) is 0. The van der Waals surface area contributed by atoms with Crippen LogP contribution >= 0.6 is 22.6 Å². The van der Waals surface area contributed by atoms with Crippen molar-refractivity contribution in [3.8, 4) is 0 Å². The lowest BCUT2D eigenvalue weighted by Crippen LogP contribution is -2.15. The van der Waals surface area contributed by atoms with Crippen LogP contribution in [-0.2, 0) is 0 Å². The van der Waals surface area contributed by atoms with Gasteiger partial charge in [0.05, 0.1) is 16.9 Å². The zero-order chi connectivity index (χ0) is 15.6. The number of benzene rings is 2. The molecule has 108 valence electrons. The smallest absolute Gasteiger partial charge is 0.250 e. The molecule has 21 heavy (non-hydrogen) atoms. The van der Waals surface area contributed by atoms with E-state index in [1.807, 2.05) is 22.6 Å². The van der Waals surface area contributed by atoms with Crippen LogP contribution in [0.15, 0.2) is 30.3 Å². The summed E-state index contributed by atoms with van der Waals surface area (Å²) in [4.78, 5) is 22.1. The predicted octanol–water partition coefficient (Wildman–Crippen LogP) is 3.22. The maximum Gasteiger partial charge on any atom is 0.250 e. The van der Waals surface area contributed by atoms with Crippen molar-refractivity contribution in [3.63, 3.8) is 0 Å². The third-order valence-electron chi connectivity index (χ3n) is 2.70. The highest BCUT2D eigenvalue weighted by Gasteiger charge is 2.16. The molecule has 0 radical (unpaired) electrons. The number of nitrogens with one attached hydrogen (secondary N) is 1. The Morgan fingerprint density at radius 2 is 1.90 bits per heavy atom. The molecule has 2 aromatic rings. The molecular weight excluding hydrogens is 393 g/mol. The molecule has 0 saturated carbocycles. The lowest BCUT2D eigenvalue weighted by atomic mass is 10.1. The van der Waals surface area contributed by atoms with Gasteiger partial charge < -0.3 is 11.1 Å². The summed E-state index contributed by atoms with van der Waals surface area (Å²) < 4.78 is 28.5. The first-order chi connectivity index (χ1) is 9.92. The normalized spacial score (nSPS) is 10.2. The van der Waals surface area contributed by atoms with Crippen LogP contribution in [0.3, 0.4) is 0 Å². The summed E-state index contributed by atoms with van der Waals surface area (Å²) in [7, 11) is 0. The standard InChI is InChI=1S/C14H9F2IN2O2/c15-10-5-8(17)1-2-12(10)19-13-9(14(18)21)3-7(6-20)4-11(13)16/h1-6,19H,(H2,18,21). The van der Waals surface area contributed by atoms with E-state index in [9.17, 15) is 18.4 Å². The summed E-state index contributed by atoms with van der Waals surface area (Å²) in [5, 5.41) is 2.50. The first kappa shape index (κ1) is 15.4. The molecule has 4 nitrogen and oxygen atoms in total. The van der Waals surface area contributed by atoms with Crippen molar-refractivity contribution in [2.45, 2.75) is 0 Å². The molecule has 0 spiro atoms. The number of hydrogen-bond acceptors (Lipinski definition) is 3. The minimum Gasteiger partial charge on any atom is -0.366 e. The Morgan fingerprint density at radius 3 is 2.48 bits per heavy atom. The summed E-state index contributed by atoms with van der Waals surface area (Å²) in [6.07, 6.45) is 0.394. The van der Waals surface area contributed by atoms with Gasteiger partial charge in [-0.05, 0) is 52.9 Å². The molecule has 0 fully saturated rings. The molecule has 0 bridgehead atoms. The number of primary amides is 1. The van der Waals surface area contributed by atoms with Crippen LogP contribution in [-0.4, -0.2) is 12.2 Å². The molecule has 2 rings (SSSR count).